The van der Waals surface area contributed by atoms with Gasteiger partial charge in [-0.2, -0.15) is 5.26 Å². The molecule has 4 nitrogen and oxygen atoms in total. The van der Waals surface area contributed by atoms with Crippen molar-refractivity contribution in [1.82, 2.24) is 4.40 Å². The number of hydrogen-bond donors (Lipinski definition) is 0. The number of benzene rings is 1. The molecular weight excluding hydrogens is 276 g/mol. The van der Waals surface area contributed by atoms with Gasteiger partial charge in [-0.25, -0.2) is 4.79 Å². The van der Waals surface area contributed by atoms with Crippen molar-refractivity contribution >= 4 is 11.5 Å². The van der Waals surface area contributed by atoms with Gasteiger partial charge in [-0.05, 0) is 24.6 Å². The molecule has 0 spiro atoms. The summed E-state index contributed by atoms with van der Waals surface area (Å²) in [6, 6.07) is 17.1. The van der Waals surface area contributed by atoms with Crippen LogP contribution in [-0.4, -0.2) is 17.0 Å². The zero-order valence-corrected chi connectivity index (χ0v) is 12.1. The first-order chi connectivity index (χ1) is 10.8. The predicted molar refractivity (Wildman–Crippen MR) is 83.5 cm³/mol. The third kappa shape index (κ3) is 2.13. The van der Waals surface area contributed by atoms with Gasteiger partial charge in [0.05, 0.1) is 17.7 Å². The Morgan fingerprint density at radius 3 is 2.59 bits per heavy atom. The molecule has 3 rings (SSSR count). The number of carbonyl (C=O) groups excluding carboxylic acids is 1. The summed E-state index contributed by atoms with van der Waals surface area (Å²) in [5, 5.41) is 9.58. The molecule has 22 heavy (non-hydrogen) atoms. The number of fused-ring (bicyclic) bond motifs is 1. The second kappa shape index (κ2) is 5.74. The fraction of sp³-hybridized carbons (Fsp3) is 0.111. The Bertz CT molecular complexity index is 873. The quantitative estimate of drug-likeness (QED) is 0.692. The summed E-state index contributed by atoms with van der Waals surface area (Å²) in [5.74, 6) is -0.411. The first-order valence-electron chi connectivity index (χ1n) is 7.03. The molecule has 2 aromatic heterocycles. The van der Waals surface area contributed by atoms with Crippen LogP contribution in [0.15, 0.2) is 54.7 Å². The highest BCUT2D eigenvalue weighted by Gasteiger charge is 2.25. The van der Waals surface area contributed by atoms with Gasteiger partial charge in [0.1, 0.15) is 11.8 Å². The Balaban J connectivity index is 2.40. The molecule has 0 radical (unpaired) electrons. The third-order valence-corrected chi connectivity index (χ3v) is 3.49. The molecule has 4 heteroatoms. The van der Waals surface area contributed by atoms with Crippen LogP contribution < -0.4 is 0 Å². The molecule has 0 bridgehead atoms. The fourth-order valence-electron chi connectivity index (χ4n) is 2.61. The van der Waals surface area contributed by atoms with Gasteiger partial charge in [-0.1, -0.05) is 36.4 Å². The highest BCUT2D eigenvalue weighted by molar-refractivity contribution is 6.06. The zero-order chi connectivity index (χ0) is 15.5. The van der Waals surface area contributed by atoms with Gasteiger partial charge in [0.2, 0.25) is 0 Å². The summed E-state index contributed by atoms with van der Waals surface area (Å²) >= 11 is 0. The van der Waals surface area contributed by atoms with E-state index in [0.717, 1.165) is 5.56 Å². The van der Waals surface area contributed by atoms with E-state index in [1.165, 1.54) is 0 Å². The number of carbonyl (C=O) groups is 1. The minimum Gasteiger partial charge on any atom is -0.462 e. The van der Waals surface area contributed by atoms with Crippen LogP contribution in [0, 0.1) is 11.3 Å². The maximum Gasteiger partial charge on any atom is 0.341 e. The van der Waals surface area contributed by atoms with E-state index in [2.05, 4.69) is 6.07 Å². The third-order valence-electron chi connectivity index (χ3n) is 3.49. The first-order valence-corrected chi connectivity index (χ1v) is 7.03. The first kappa shape index (κ1) is 13.9. The van der Waals surface area contributed by atoms with Gasteiger partial charge in [0.25, 0.3) is 0 Å². The van der Waals surface area contributed by atoms with Crippen LogP contribution in [0.4, 0.5) is 0 Å². The van der Waals surface area contributed by atoms with Crippen molar-refractivity contribution in [3.63, 3.8) is 0 Å². The average Bonchev–Trinajstić information content (AvgIpc) is 2.90. The molecule has 0 N–H and O–H groups in total. The largest absolute Gasteiger partial charge is 0.462 e. The number of rotatable bonds is 3. The molecule has 0 unspecified atom stereocenters. The lowest BCUT2D eigenvalue weighted by molar-refractivity contribution is 0.0529. The summed E-state index contributed by atoms with van der Waals surface area (Å²) < 4.78 is 6.93. The molecule has 0 atom stereocenters. The van der Waals surface area contributed by atoms with Crippen molar-refractivity contribution in [1.29, 1.82) is 5.26 Å². The molecular formula is C18H14N2O2. The second-order valence-corrected chi connectivity index (χ2v) is 4.75. The van der Waals surface area contributed by atoms with Crippen molar-refractivity contribution in [3.8, 4) is 17.2 Å². The molecule has 1 aromatic carbocycles. The molecule has 3 aromatic rings. The zero-order valence-electron chi connectivity index (χ0n) is 12.1. The Morgan fingerprint density at radius 1 is 1.18 bits per heavy atom. The highest BCUT2D eigenvalue weighted by atomic mass is 16.5. The van der Waals surface area contributed by atoms with E-state index in [4.69, 9.17) is 4.74 Å². The summed E-state index contributed by atoms with van der Waals surface area (Å²) in [5.41, 5.74) is 2.99. The number of nitrogens with zero attached hydrogens (tertiary/aromatic N) is 2. The van der Waals surface area contributed by atoms with E-state index in [-0.39, 0.29) is 0 Å². The van der Waals surface area contributed by atoms with Crippen LogP contribution in [0.2, 0.25) is 0 Å². The minimum atomic E-state index is -0.411. The van der Waals surface area contributed by atoms with E-state index in [1.807, 2.05) is 48.5 Å². The lowest BCUT2D eigenvalue weighted by Crippen LogP contribution is -2.05. The molecule has 0 fully saturated rings. The van der Waals surface area contributed by atoms with Crippen LogP contribution >= 0.6 is 0 Å². The normalized spacial score (nSPS) is 10.4. The van der Waals surface area contributed by atoms with Crippen LogP contribution in [-0.2, 0) is 4.74 Å². The van der Waals surface area contributed by atoms with E-state index in [0.29, 0.717) is 28.9 Å². The topological polar surface area (TPSA) is 54.5 Å². The molecule has 0 aliphatic rings. The molecule has 0 amide bonds. The van der Waals surface area contributed by atoms with Crippen molar-refractivity contribution in [2.24, 2.45) is 0 Å². The maximum atomic E-state index is 12.4. The van der Waals surface area contributed by atoms with Gasteiger partial charge >= 0.3 is 5.97 Å². The van der Waals surface area contributed by atoms with Crippen LogP contribution in [0.1, 0.15) is 23.0 Å². The molecule has 0 saturated heterocycles. The molecule has 2 heterocycles. The maximum absolute atomic E-state index is 12.4. The second-order valence-electron chi connectivity index (χ2n) is 4.75. The minimum absolute atomic E-state index is 0.291. The van der Waals surface area contributed by atoms with E-state index >= 15 is 0 Å². The van der Waals surface area contributed by atoms with Crippen LogP contribution in [0.3, 0.4) is 0 Å². The molecule has 0 saturated carbocycles. The fourth-order valence-corrected chi connectivity index (χ4v) is 2.61. The van der Waals surface area contributed by atoms with Crippen LogP contribution in [0.25, 0.3) is 16.6 Å². The average molecular weight is 290 g/mol. The number of nitriles is 1. The SMILES string of the molecule is CCOC(=O)c1c(-c2ccccc2)c(C#N)n2ccccc12. The Morgan fingerprint density at radius 2 is 1.91 bits per heavy atom. The lowest BCUT2D eigenvalue weighted by Gasteiger charge is -2.05. The van der Waals surface area contributed by atoms with Crippen molar-refractivity contribution < 1.29 is 9.53 Å². The summed E-state index contributed by atoms with van der Waals surface area (Å²) in [6.07, 6.45) is 1.78. The summed E-state index contributed by atoms with van der Waals surface area (Å²) in [4.78, 5) is 12.4. The van der Waals surface area contributed by atoms with Crippen molar-refractivity contribution in [2.75, 3.05) is 6.61 Å². The number of hydrogen-bond acceptors (Lipinski definition) is 3. The summed E-state index contributed by atoms with van der Waals surface area (Å²) in [7, 11) is 0. The van der Waals surface area contributed by atoms with Crippen molar-refractivity contribution in [3.05, 3.63) is 66.0 Å². The van der Waals surface area contributed by atoms with Gasteiger partial charge in [-0.15, -0.1) is 0 Å². The molecule has 108 valence electrons. The summed E-state index contributed by atoms with van der Waals surface area (Å²) in [6.45, 7) is 2.06. The van der Waals surface area contributed by atoms with Crippen LogP contribution in [0.5, 0.6) is 0 Å². The number of esters is 1. The Kier molecular flexibility index (Phi) is 3.63. The van der Waals surface area contributed by atoms with Gasteiger partial charge in [0.15, 0.2) is 0 Å². The monoisotopic (exact) mass is 290 g/mol. The number of ether oxygens (including phenoxy) is 1. The highest BCUT2D eigenvalue weighted by Crippen LogP contribution is 2.33. The lowest BCUT2D eigenvalue weighted by atomic mass is 10.0. The smallest absolute Gasteiger partial charge is 0.341 e. The van der Waals surface area contributed by atoms with Gasteiger partial charge < -0.3 is 9.14 Å². The standard InChI is InChI=1S/C18H14N2O2/c1-2-22-18(21)17-14-10-6-7-11-20(14)15(12-19)16(17)13-8-4-3-5-9-13/h3-11H,2H2,1H3. The van der Waals surface area contributed by atoms with E-state index < -0.39 is 5.97 Å². The van der Waals surface area contributed by atoms with Crippen molar-refractivity contribution in [2.45, 2.75) is 6.92 Å². The molecule has 0 aliphatic carbocycles. The van der Waals surface area contributed by atoms with Gasteiger partial charge in [0, 0.05) is 11.8 Å². The predicted octanol–water partition coefficient (Wildman–Crippen LogP) is 3.65. The van der Waals surface area contributed by atoms with E-state index in [1.54, 1.807) is 17.5 Å². The Labute approximate surface area is 128 Å². The van der Waals surface area contributed by atoms with Gasteiger partial charge in [-0.3, -0.25) is 0 Å². The molecule has 0 aliphatic heterocycles. The number of pyridine rings is 1. The number of aromatic nitrogens is 1. The Hall–Kier alpha value is -3.06. The van der Waals surface area contributed by atoms with E-state index in [9.17, 15) is 10.1 Å².